The maximum Gasteiger partial charge on any atom is 2.00 e. The monoisotopic (exact) mass is 525 g/mol. The number of benzene rings is 2. The molecule has 197 valence electrons. The van der Waals surface area contributed by atoms with Gasteiger partial charge in [0, 0.05) is 13.2 Å². The second-order valence-electron chi connectivity index (χ2n) is 11.2. The fourth-order valence-corrected chi connectivity index (χ4v) is 3.81. The van der Waals surface area contributed by atoms with Crippen LogP contribution in [-0.2, 0) is 45.7 Å². The third kappa shape index (κ3) is 10.9. The number of aryl methyl sites for hydroxylation is 2. The van der Waals surface area contributed by atoms with Crippen LogP contribution in [0.2, 0.25) is 0 Å². The molecule has 4 N–H and O–H groups in total. The Morgan fingerprint density at radius 3 is 1.23 bits per heavy atom. The average Bonchev–Trinajstić information content (AvgIpc) is 2.77. The van der Waals surface area contributed by atoms with Gasteiger partial charge in [-0.3, -0.25) is 0 Å². The molecule has 1 radical (unpaired) electrons. The van der Waals surface area contributed by atoms with Crippen LogP contribution in [0.25, 0.3) is 11.5 Å². The van der Waals surface area contributed by atoms with Gasteiger partial charge in [-0.15, -0.1) is 13.1 Å². The Morgan fingerprint density at radius 2 is 1.03 bits per heavy atom. The molecule has 2 aromatic rings. The number of rotatable bonds is 2. The molecule has 0 amide bonds. The molecule has 0 atom stereocenters. The maximum absolute atomic E-state index is 9.93. The van der Waals surface area contributed by atoms with Crippen molar-refractivity contribution in [2.45, 2.75) is 98.6 Å². The second kappa shape index (κ2) is 14.9. The van der Waals surface area contributed by atoms with E-state index >= 15 is 0 Å². The quantitative estimate of drug-likeness (QED) is 0.386. The van der Waals surface area contributed by atoms with Gasteiger partial charge in [-0.1, -0.05) is 76.9 Å². The molecule has 1 heterocycles. The first-order chi connectivity index (χ1) is 15.7. The fraction of sp³-hybridized carbons (Fsp3) is 0.586. The minimum atomic E-state index is -0.0694. The Hall–Kier alpha value is -1.56. The zero-order chi connectivity index (χ0) is 26.1. The summed E-state index contributed by atoms with van der Waals surface area (Å²) in [4.78, 5) is 0. The van der Waals surface area contributed by atoms with E-state index in [1.807, 2.05) is 38.1 Å². The van der Waals surface area contributed by atoms with Gasteiger partial charge in [-0.2, -0.15) is 0 Å². The molecule has 0 aliphatic carbocycles. The molecule has 2 aromatic carbocycles. The molecule has 0 unspecified atom stereocenters. The molecule has 1 aliphatic rings. The van der Waals surface area contributed by atoms with Crippen LogP contribution in [0.15, 0.2) is 24.3 Å². The van der Waals surface area contributed by atoms with E-state index in [0.29, 0.717) is 0 Å². The van der Waals surface area contributed by atoms with Crippen LogP contribution in [0.5, 0.6) is 11.5 Å². The predicted molar refractivity (Wildman–Crippen MR) is 144 cm³/mol. The van der Waals surface area contributed by atoms with Gasteiger partial charge in [0.15, 0.2) is 0 Å². The second-order valence-corrected chi connectivity index (χ2v) is 11.2. The molecule has 6 heteroatoms. The summed E-state index contributed by atoms with van der Waals surface area (Å²) in [5.74, 6) is 0.580. The van der Waals surface area contributed by atoms with Crippen molar-refractivity contribution < 1.29 is 32.0 Å². The van der Waals surface area contributed by atoms with E-state index in [1.165, 1.54) is 19.3 Å². The van der Waals surface area contributed by atoms with E-state index < -0.39 is 0 Å². The predicted octanol–water partition coefficient (Wildman–Crippen LogP) is 8.29. The van der Waals surface area contributed by atoms with Gasteiger partial charge in [-0.05, 0) is 66.2 Å². The minimum Gasteiger partial charge on any atom is -0.674 e. The molecular formula is C29H46MnN2O3. The topological polar surface area (TPSA) is 97.3 Å². The van der Waals surface area contributed by atoms with E-state index in [9.17, 15) is 10.2 Å². The Morgan fingerprint density at radius 1 is 0.686 bits per heavy atom. The Labute approximate surface area is 224 Å². The van der Waals surface area contributed by atoms with Crippen molar-refractivity contribution in [3.05, 3.63) is 69.1 Å². The molecule has 0 saturated carbocycles. The Balaban J connectivity index is 0.000000524. The van der Waals surface area contributed by atoms with E-state index in [0.717, 1.165) is 46.6 Å². The molecule has 0 spiro atoms. The normalized spacial score (nSPS) is 13.5. The number of ether oxygens (including phenoxy) is 1. The SMILES string of the molecule is C1CCOCC1.Cc1cc(C[NH-])c(O)c(C(C)(C)C)c1.Cc1cc(C[NH-])c(O)c(C(C)(C)C)c1.[Mn+2]. The van der Waals surface area contributed by atoms with Crippen LogP contribution in [0, 0.1) is 13.8 Å². The third-order valence-electron chi connectivity index (χ3n) is 5.74. The summed E-state index contributed by atoms with van der Waals surface area (Å²) in [6.45, 7) is 18.6. The van der Waals surface area contributed by atoms with Gasteiger partial charge in [0.05, 0.1) is 0 Å². The van der Waals surface area contributed by atoms with Crippen LogP contribution < -0.4 is 0 Å². The number of aromatic hydroxyl groups is 2. The summed E-state index contributed by atoms with van der Waals surface area (Å²) >= 11 is 0. The summed E-state index contributed by atoms with van der Waals surface area (Å²) in [7, 11) is 0. The molecule has 3 rings (SSSR count). The first-order valence-electron chi connectivity index (χ1n) is 12.2. The van der Waals surface area contributed by atoms with Gasteiger partial charge in [0.1, 0.15) is 11.5 Å². The van der Waals surface area contributed by atoms with Crippen molar-refractivity contribution in [1.82, 2.24) is 0 Å². The van der Waals surface area contributed by atoms with Crippen LogP contribution in [0.4, 0.5) is 0 Å². The van der Waals surface area contributed by atoms with Gasteiger partial charge in [0.2, 0.25) is 0 Å². The first kappa shape index (κ1) is 33.4. The van der Waals surface area contributed by atoms with Gasteiger partial charge in [-0.25, -0.2) is 0 Å². The summed E-state index contributed by atoms with van der Waals surface area (Å²) < 4.78 is 5.07. The van der Waals surface area contributed by atoms with Crippen molar-refractivity contribution in [3.8, 4) is 11.5 Å². The molecule has 35 heavy (non-hydrogen) atoms. The largest absolute Gasteiger partial charge is 2.00 e. The van der Waals surface area contributed by atoms with Crippen LogP contribution >= 0.6 is 0 Å². The fourth-order valence-electron chi connectivity index (χ4n) is 3.81. The van der Waals surface area contributed by atoms with Crippen molar-refractivity contribution in [2.24, 2.45) is 0 Å². The minimum absolute atomic E-state index is 0. The number of hydrogen-bond donors (Lipinski definition) is 2. The van der Waals surface area contributed by atoms with Gasteiger partial charge in [0.25, 0.3) is 0 Å². The third-order valence-corrected chi connectivity index (χ3v) is 5.74. The summed E-state index contributed by atoms with van der Waals surface area (Å²) in [5, 5.41) is 19.9. The molecule has 1 fully saturated rings. The standard InChI is InChI=1S/2C12H18NO.C5H10O.Mn/c2*1-8-5-9(7-13)11(14)10(6-8)12(2,3)4;1-2-4-6-5-3-1;/h2*5-6,13-14H,7H2,1-4H3;1-5H2;/q2*-1;;+2. The Kier molecular flexibility index (Phi) is 14.2. The zero-order valence-electron chi connectivity index (χ0n) is 22.9. The smallest absolute Gasteiger partial charge is 0.674 e. The summed E-state index contributed by atoms with van der Waals surface area (Å²) in [6, 6.07) is 7.73. The van der Waals surface area contributed by atoms with E-state index in [2.05, 4.69) is 41.5 Å². The first-order valence-corrected chi connectivity index (χ1v) is 12.2. The maximum atomic E-state index is 9.93. The average molecular weight is 526 g/mol. The van der Waals surface area contributed by atoms with Crippen LogP contribution in [0.1, 0.15) is 94.2 Å². The van der Waals surface area contributed by atoms with E-state index in [-0.39, 0.29) is 52.5 Å². The van der Waals surface area contributed by atoms with E-state index in [4.69, 9.17) is 16.2 Å². The van der Waals surface area contributed by atoms with Crippen LogP contribution in [0.3, 0.4) is 0 Å². The molecular weight excluding hydrogens is 479 g/mol. The zero-order valence-corrected chi connectivity index (χ0v) is 24.1. The van der Waals surface area contributed by atoms with Crippen molar-refractivity contribution in [2.75, 3.05) is 13.2 Å². The molecule has 0 bridgehead atoms. The van der Waals surface area contributed by atoms with Crippen LogP contribution in [-0.4, -0.2) is 23.4 Å². The van der Waals surface area contributed by atoms with Crippen molar-refractivity contribution >= 4 is 0 Å². The summed E-state index contributed by atoms with van der Waals surface area (Å²) in [5.41, 5.74) is 20.0. The number of phenolic OH excluding ortho intramolecular Hbond substituents is 2. The van der Waals surface area contributed by atoms with E-state index in [1.54, 1.807) is 0 Å². The Bertz CT molecular complexity index is 831. The number of hydrogen-bond acceptors (Lipinski definition) is 3. The number of phenols is 2. The molecule has 0 aromatic heterocycles. The summed E-state index contributed by atoms with van der Waals surface area (Å²) in [6.07, 6.45) is 3.93. The van der Waals surface area contributed by atoms with Gasteiger partial charge >= 0.3 is 17.1 Å². The van der Waals surface area contributed by atoms with Crippen molar-refractivity contribution in [1.29, 1.82) is 0 Å². The number of nitrogens with one attached hydrogen (secondary N) is 2. The van der Waals surface area contributed by atoms with Crippen molar-refractivity contribution in [3.63, 3.8) is 0 Å². The molecule has 5 nitrogen and oxygen atoms in total. The van der Waals surface area contributed by atoms with Gasteiger partial charge < -0.3 is 26.4 Å². The molecule has 1 aliphatic heterocycles. The molecule has 1 saturated heterocycles.